The average molecular weight is 372 g/mol. The Labute approximate surface area is 157 Å². The lowest BCUT2D eigenvalue weighted by atomic mass is 9.97. The standard InChI is InChI=1S/C19H24N4O2S/c1-19(2)18(25)22(3)10-11-23(19)13-15(24)21-16(17-20-9-12-26-17)14-7-5-4-6-8-14/h4-9,12,16H,10-11,13H2,1-3H3,(H,21,24). The van der Waals surface area contributed by atoms with Crippen molar-refractivity contribution in [3.63, 3.8) is 0 Å². The van der Waals surface area contributed by atoms with Gasteiger partial charge in [0.2, 0.25) is 11.8 Å². The number of nitrogens with zero attached hydrogens (tertiary/aromatic N) is 3. The molecule has 2 amide bonds. The molecular formula is C19H24N4O2S. The Bertz CT molecular complexity index is 761. The topological polar surface area (TPSA) is 65.5 Å². The van der Waals surface area contributed by atoms with Crippen LogP contribution in [0.15, 0.2) is 41.9 Å². The molecule has 1 aromatic heterocycles. The maximum absolute atomic E-state index is 12.8. The van der Waals surface area contributed by atoms with Crippen LogP contribution in [0.3, 0.4) is 0 Å². The van der Waals surface area contributed by atoms with E-state index in [4.69, 9.17) is 0 Å². The van der Waals surface area contributed by atoms with Crippen LogP contribution in [0.5, 0.6) is 0 Å². The van der Waals surface area contributed by atoms with Crippen molar-refractivity contribution in [2.45, 2.75) is 25.4 Å². The predicted molar refractivity (Wildman–Crippen MR) is 102 cm³/mol. The van der Waals surface area contributed by atoms with Gasteiger partial charge in [-0.25, -0.2) is 4.98 Å². The van der Waals surface area contributed by atoms with Gasteiger partial charge in [-0.1, -0.05) is 30.3 Å². The van der Waals surface area contributed by atoms with Gasteiger partial charge in [0.05, 0.1) is 12.1 Å². The number of nitrogens with one attached hydrogen (secondary N) is 1. The monoisotopic (exact) mass is 372 g/mol. The smallest absolute Gasteiger partial charge is 0.242 e. The number of hydrogen-bond donors (Lipinski definition) is 1. The fraction of sp³-hybridized carbons (Fsp3) is 0.421. The molecule has 1 saturated heterocycles. The average Bonchev–Trinajstić information content (AvgIpc) is 3.16. The maximum Gasteiger partial charge on any atom is 0.242 e. The first-order valence-corrected chi connectivity index (χ1v) is 9.52. The fourth-order valence-electron chi connectivity index (χ4n) is 3.22. The van der Waals surface area contributed by atoms with Crippen molar-refractivity contribution in [2.75, 3.05) is 26.7 Å². The van der Waals surface area contributed by atoms with Crippen LogP contribution in [-0.4, -0.2) is 58.8 Å². The minimum Gasteiger partial charge on any atom is -0.343 e. The van der Waals surface area contributed by atoms with Gasteiger partial charge in [-0.3, -0.25) is 14.5 Å². The number of likely N-dealkylation sites (N-methyl/N-ethyl adjacent to an activating group) is 1. The first-order valence-electron chi connectivity index (χ1n) is 8.64. The molecule has 1 aliphatic heterocycles. The second-order valence-electron chi connectivity index (χ2n) is 6.99. The zero-order chi connectivity index (χ0) is 18.7. The summed E-state index contributed by atoms with van der Waals surface area (Å²) in [4.78, 5) is 33.2. The first-order chi connectivity index (χ1) is 12.4. The van der Waals surface area contributed by atoms with Crippen molar-refractivity contribution in [3.05, 3.63) is 52.5 Å². The van der Waals surface area contributed by atoms with E-state index in [0.717, 1.165) is 10.6 Å². The van der Waals surface area contributed by atoms with Gasteiger partial charge < -0.3 is 10.2 Å². The fourth-order valence-corrected chi connectivity index (χ4v) is 3.93. The quantitative estimate of drug-likeness (QED) is 0.871. The summed E-state index contributed by atoms with van der Waals surface area (Å²) in [7, 11) is 1.80. The van der Waals surface area contributed by atoms with Gasteiger partial charge in [0.15, 0.2) is 0 Å². The predicted octanol–water partition coefficient (Wildman–Crippen LogP) is 1.90. The molecule has 1 unspecified atom stereocenters. The minimum atomic E-state index is -0.687. The number of thiazole rings is 1. The third-order valence-electron chi connectivity index (χ3n) is 4.84. The number of amides is 2. The Kier molecular flexibility index (Phi) is 5.38. The summed E-state index contributed by atoms with van der Waals surface area (Å²) in [6.07, 6.45) is 1.74. The van der Waals surface area contributed by atoms with Crippen molar-refractivity contribution in [3.8, 4) is 0 Å². The van der Waals surface area contributed by atoms with Gasteiger partial charge in [0, 0.05) is 31.7 Å². The third kappa shape index (κ3) is 3.78. The van der Waals surface area contributed by atoms with Crippen LogP contribution in [0.4, 0.5) is 0 Å². The highest BCUT2D eigenvalue weighted by Gasteiger charge is 2.41. The van der Waals surface area contributed by atoms with Gasteiger partial charge in [0.25, 0.3) is 0 Å². The van der Waals surface area contributed by atoms with E-state index < -0.39 is 5.54 Å². The molecule has 1 N–H and O–H groups in total. The van der Waals surface area contributed by atoms with E-state index in [0.29, 0.717) is 13.1 Å². The summed E-state index contributed by atoms with van der Waals surface area (Å²) in [5.74, 6) is -0.0736. The molecule has 0 aliphatic carbocycles. The van der Waals surface area contributed by atoms with Crippen LogP contribution in [0.2, 0.25) is 0 Å². The van der Waals surface area contributed by atoms with Crippen LogP contribution in [0.1, 0.15) is 30.5 Å². The molecule has 1 fully saturated rings. The molecule has 138 valence electrons. The lowest BCUT2D eigenvalue weighted by Crippen LogP contribution is -2.63. The molecule has 1 atom stereocenters. The summed E-state index contributed by atoms with van der Waals surface area (Å²) >= 11 is 1.51. The minimum absolute atomic E-state index is 0.0380. The number of aromatic nitrogens is 1. The Hall–Kier alpha value is -2.25. The SMILES string of the molecule is CN1CCN(CC(=O)NC(c2ccccc2)c2nccs2)C(C)(C)C1=O. The van der Waals surface area contributed by atoms with Crippen LogP contribution < -0.4 is 5.32 Å². The molecule has 2 heterocycles. The number of hydrogen-bond acceptors (Lipinski definition) is 5. The van der Waals surface area contributed by atoms with Crippen LogP contribution in [0, 0.1) is 0 Å². The van der Waals surface area contributed by atoms with E-state index in [1.807, 2.05) is 54.5 Å². The Morgan fingerprint density at radius 1 is 1.31 bits per heavy atom. The zero-order valence-corrected chi connectivity index (χ0v) is 16.1. The summed E-state index contributed by atoms with van der Waals surface area (Å²) < 4.78 is 0. The lowest BCUT2D eigenvalue weighted by molar-refractivity contribution is -0.148. The van der Waals surface area contributed by atoms with E-state index in [9.17, 15) is 9.59 Å². The Morgan fingerprint density at radius 2 is 2.04 bits per heavy atom. The third-order valence-corrected chi connectivity index (χ3v) is 5.68. The highest BCUT2D eigenvalue weighted by atomic mass is 32.1. The highest BCUT2D eigenvalue weighted by Crippen LogP contribution is 2.25. The van der Waals surface area contributed by atoms with E-state index >= 15 is 0 Å². The van der Waals surface area contributed by atoms with E-state index in [1.165, 1.54) is 11.3 Å². The molecule has 6 nitrogen and oxygen atoms in total. The van der Waals surface area contributed by atoms with Crippen molar-refractivity contribution in [2.24, 2.45) is 0 Å². The molecule has 0 bridgehead atoms. The van der Waals surface area contributed by atoms with Crippen LogP contribution in [0.25, 0.3) is 0 Å². The molecule has 2 aromatic rings. The van der Waals surface area contributed by atoms with Gasteiger partial charge in [0.1, 0.15) is 11.0 Å². The van der Waals surface area contributed by atoms with Gasteiger partial charge in [-0.05, 0) is 19.4 Å². The summed E-state index contributed by atoms with van der Waals surface area (Å²) in [6, 6.07) is 9.53. The molecular weight excluding hydrogens is 348 g/mol. The molecule has 1 aromatic carbocycles. The normalized spacial score (nSPS) is 18.6. The van der Waals surface area contributed by atoms with Gasteiger partial charge in [-0.2, -0.15) is 0 Å². The maximum atomic E-state index is 12.8. The zero-order valence-electron chi connectivity index (χ0n) is 15.3. The van der Waals surface area contributed by atoms with Crippen molar-refractivity contribution in [1.29, 1.82) is 0 Å². The molecule has 7 heteroatoms. The van der Waals surface area contributed by atoms with Crippen molar-refractivity contribution >= 4 is 23.2 Å². The number of carbonyl (C=O) groups is 2. The molecule has 0 spiro atoms. The van der Waals surface area contributed by atoms with E-state index in [-0.39, 0.29) is 24.4 Å². The van der Waals surface area contributed by atoms with E-state index in [2.05, 4.69) is 10.3 Å². The van der Waals surface area contributed by atoms with Crippen LogP contribution in [-0.2, 0) is 9.59 Å². The molecule has 0 radical (unpaired) electrons. The number of rotatable bonds is 5. The van der Waals surface area contributed by atoms with E-state index in [1.54, 1.807) is 18.1 Å². The van der Waals surface area contributed by atoms with Gasteiger partial charge >= 0.3 is 0 Å². The lowest BCUT2D eigenvalue weighted by Gasteiger charge is -2.44. The van der Waals surface area contributed by atoms with Gasteiger partial charge in [-0.15, -0.1) is 11.3 Å². The second kappa shape index (κ2) is 7.55. The largest absolute Gasteiger partial charge is 0.343 e. The molecule has 0 saturated carbocycles. The summed E-state index contributed by atoms with van der Waals surface area (Å²) in [5, 5.41) is 5.84. The molecule has 1 aliphatic rings. The number of benzene rings is 1. The van der Waals surface area contributed by atoms with Crippen LogP contribution >= 0.6 is 11.3 Å². The summed E-state index contributed by atoms with van der Waals surface area (Å²) in [5.41, 5.74) is 0.304. The molecule has 26 heavy (non-hydrogen) atoms. The first kappa shape index (κ1) is 18.5. The van der Waals surface area contributed by atoms with Crippen molar-refractivity contribution in [1.82, 2.24) is 20.1 Å². The molecule has 3 rings (SSSR count). The summed E-state index contributed by atoms with van der Waals surface area (Å²) in [6.45, 7) is 5.23. The number of carbonyl (C=O) groups excluding carboxylic acids is 2. The Morgan fingerprint density at radius 3 is 2.69 bits per heavy atom. The second-order valence-corrected chi connectivity index (χ2v) is 7.91. The Balaban J connectivity index is 1.74. The highest BCUT2D eigenvalue weighted by molar-refractivity contribution is 7.09. The van der Waals surface area contributed by atoms with Crippen molar-refractivity contribution < 1.29 is 9.59 Å². The number of piperazine rings is 1.